The van der Waals surface area contributed by atoms with Crippen molar-refractivity contribution < 1.29 is 14.3 Å². The highest BCUT2D eigenvalue weighted by Crippen LogP contribution is 2.29. The van der Waals surface area contributed by atoms with E-state index in [2.05, 4.69) is 36.2 Å². The van der Waals surface area contributed by atoms with Crippen molar-refractivity contribution in [3.05, 3.63) is 59.7 Å². The van der Waals surface area contributed by atoms with Gasteiger partial charge >= 0.3 is 6.03 Å². The molecule has 0 unspecified atom stereocenters. The van der Waals surface area contributed by atoms with E-state index in [0.29, 0.717) is 23.0 Å². The topological polar surface area (TPSA) is 79.1 Å². The number of anilines is 1. The molecule has 3 amide bonds. The fourth-order valence-corrected chi connectivity index (χ4v) is 4.03. The van der Waals surface area contributed by atoms with E-state index in [-0.39, 0.29) is 18.3 Å². The van der Waals surface area contributed by atoms with Crippen LogP contribution in [0.5, 0.6) is 5.75 Å². The maximum Gasteiger partial charge on any atom is 0.319 e. The van der Waals surface area contributed by atoms with Gasteiger partial charge in [-0.3, -0.25) is 9.69 Å². The van der Waals surface area contributed by atoms with Crippen molar-refractivity contribution in [1.29, 1.82) is 0 Å². The van der Waals surface area contributed by atoms with Crippen LogP contribution in [0.15, 0.2) is 48.5 Å². The number of halogens is 1. The first-order valence-corrected chi connectivity index (χ1v) is 10.7. The lowest BCUT2D eigenvalue weighted by atomic mass is 10.0. The zero-order chi connectivity index (χ0) is 22.4. The number of ether oxygens (including phenoxy) is 1. The number of primary amides is 1. The Morgan fingerprint density at radius 2 is 1.75 bits per heavy atom. The first-order valence-electron chi connectivity index (χ1n) is 10.7. The molecular weight excluding hydrogens is 428 g/mol. The van der Waals surface area contributed by atoms with Crippen molar-refractivity contribution in [1.82, 2.24) is 9.80 Å². The lowest BCUT2D eigenvalue weighted by Crippen LogP contribution is -2.46. The zero-order valence-electron chi connectivity index (χ0n) is 19.0. The van der Waals surface area contributed by atoms with Crippen molar-refractivity contribution in [3.63, 3.8) is 0 Å². The number of piperidine rings is 1. The third kappa shape index (κ3) is 6.14. The SMILES string of the molecule is COc1cc(C(=O)N2CCC(N(C)CCc3ccccc3)CC2)ccc1N(C)C(N)=O.Cl. The Morgan fingerprint density at radius 1 is 1.09 bits per heavy atom. The van der Waals surface area contributed by atoms with Crippen LogP contribution >= 0.6 is 12.4 Å². The summed E-state index contributed by atoms with van der Waals surface area (Å²) in [6, 6.07) is 15.5. The molecule has 1 aliphatic heterocycles. The van der Waals surface area contributed by atoms with Gasteiger partial charge in [0.05, 0.1) is 12.8 Å². The van der Waals surface area contributed by atoms with Gasteiger partial charge in [-0.25, -0.2) is 4.79 Å². The molecule has 0 aromatic heterocycles. The first kappa shape index (κ1) is 25.5. The lowest BCUT2D eigenvalue weighted by molar-refractivity contribution is 0.0646. The molecule has 8 heteroatoms. The fourth-order valence-electron chi connectivity index (χ4n) is 4.03. The van der Waals surface area contributed by atoms with Crippen molar-refractivity contribution in [2.24, 2.45) is 5.73 Å². The summed E-state index contributed by atoms with van der Waals surface area (Å²) in [5.74, 6) is 0.430. The molecule has 1 saturated heterocycles. The largest absolute Gasteiger partial charge is 0.495 e. The van der Waals surface area contributed by atoms with Gasteiger partial charge < -0.3 is 20.3 Å². The Hall–Kier alpha value is -2.77. The van der Waals surface area contributed by atoms with Crippen molar-refractivity contribution in [3.8, 4) is 5.75 Å². The number of likely N-dealkylation sites (N-methyl/N-ethyl adjacent to an activating group) is 1. The van der Waals surface area contributed by atoms with Crippen LogP contribution < -0.4 is 15.4 Å². The Morgan fingerprint density at radius 3 is 2.34 bits per heavy atom. The normalized spacial score (nSPS) is 14.1. The Balaban J connectivity index is 0.00000363. The summed E-state index contributed by atoms with van der Waals surface area (Å²) in [6.07, 6.45) is 2.94. The molecule has 0 radical (unpaired) electrons. The number of rotatable bonds is 7. The molecule has 1 fully saturated rings. The molecule has 0 aliphatic carbocycles. The smallest absolute Gasteiger partial charge is 0.319 e. The van der Waals surface area contributed by atoms with Crippen LogP contribution in [0.1, 0.15) is 28.8 Å². The average Bonchev–Trinajstić information content (AvgIpc) is 2.81. The molecule has 1 heterocycles. The monoisotopic (exact) mass is 460 g/mol. The van der Waals surface area contributed by atoms with Crippen LogP contribution in [-0.2, 0) is 6.42 Å². The number of urea groups is 1. The molecule has 1 aliphatic rings. The van der Waals surface area contributed by atoms with E-state index in [1.165, 1.54) is 17.6 Å². The van der Waals surface area contributed by atoms with Crippen LogP contribution in [0.2, 0.25) is 0 Å². The second-order valence-electron chi connectivity index (χ2n) is 8.02. The summed E-state index contributed by atoms with van der Waals surface area (Å²) >= 11 is 0. The predicted octanol–water partition coefficient (Wildman–Crippen LogP) is 3.41. The van der Waals surface area contributed by atoms with Gasteiger partial charge in [0.15, 0.2) is 0 Å². The number of carbonyl (C=O) groups is 2. The molecular formula is C24H33ClN4O3. The summed E-state index contributed by atoms with van der Waals surface area (Å²) in [4.78, 5) is 30.1. The van der Waals surface area contributed by atoms with Crippen molar-refractivity contribution in [2.45, 2.75) is 25.3 Å². The molecule has 7 nitrogen and oxygen atoms in total. The number of nitrogens with zero attached hydrogens (tertiary/aromatic N) is 3. The fraction of sp³-hybridized carbons (Fsp3) is 0.417. The third-order valence-corrected chi connectivity index (χ3v) is 6.09. The Bertz CT molecular complexity index is 901. The number of benzene rings is 2. The second kappa shape index (κ2) is 11.7. The quantitative estimate of drug-likeness (QED) is 0.686. The zero-order valence-corrected chi connectivity index (χ0v) is 19.8. The van der Waals surface area contributed by atoms with Gasteiger partial charge in [0, 0.05) is 38.3 Å². The number of hydrogen-bond acceptors (Lipinski definition) is 4. The highest BCUT2D eigenvalue weighted by molar-refractivity contribution is 5.97. The van der Waals surface area contributed by atoms with Crippen LogP contribution in [0.3, 0.4) is 0 Å². The summed E-state index contributed by atoms with van der Waals surface area (Å²) in [5, 5.41) is 0. The number of amides is 3. The molecule has 174 valence electrons. The van der Waals surface area contributed by atoms with E-state index in [1.54, 1.807) is 25.2 Å². The molecule has 2 aromatic rings. The third-order valence-electron chi connectivity index (χ3n) is 6.09. The van der Waals surface area contributed by atoms with Crippen LogP contribution in [0, 0.1) is 0 Å². The molecule has 0 saturated carbocycles. The maximum absolute atomic E-state index is 13.0. The van der Waals surface area contributed by atoms with E-state index in [1.807, 2.05) is 11.0 Å². The average molecular weight is 461 g/mol. The van der Waals surface area contributed by atoms with Gasteiger partial charge in [0.25, 0.3) is 5.91 Å². The van der Waals surface area contributed by atoms with E-state index >= 15 is 0 Å². The van der Waals surface area contributed by atoms with Crippen molar-refractivity contribution >= 4 is 30.0 Å². The predicted molar refractivity (Wildman–Crippen MR) is 130 cm³/mol. The summed E-state index contributed by atoms with van der Waals surface area (Å²) in [7, 11) is 5.25. The molecule has 2 aromatic carbocycles. The molecule has 2 N–H and O–H groups in total. The standard InChI is InChI=1S/C24H32N4O3.ClH/c1-26(14-11-18-7-5-4-6-8-18)20-12-15-28(16-13-20)23(29)19-9-10-21(22(17-19)31-3)27(2)24(25)30;/h4-10,17,20H,11-16H2,1-3H3,(H2,25,30);1H. The number of carbonyl (C=O) groups excluding carboxylic acids is 2. The van der Waals surface area contributed by atoms with Crippen LogP contribution in [0.4, 0.5) is 10.5 Å². The van der Waals surface area contributed by atoms with Crippen LogP contribution in [-0.4, -0.2) is 68.6 Å². The minimum Gasteiger partial charge on any atom is -0.495 e. The van der Waals surface area contributed by atoms with Gasteiger partial charge in [0.2, 0.25) is 0 Å². The molecule has 3 rings (SSSR count). The van der Waals surface area contributed by atoms with E-state index in [0.717, 1.165) is 38.9 Å². The lowest BCUT2D eigenvalue weighted by Gasteiger charge is -2.37. The highest BCUT2D eigenvalue weighted by atomic mass is 35.5. The number of nitrogens with two attached hydrogens (primary N) is 1. The van der Waals surface area contributed by atoms with Crippen molar-refractivity contribution in [2.75, 3.05) is 45.7 Å². The van der Waals surface area contributed by atoms with Crippen LogP contribution in [0.25, 0.3) is 0 Å². The number of hydrogen-bond donors (Lipinski definition) is 1. The van der Waals surface area contributed by atoms with Gasteiger partial charge in [-0.1, -0.05) is 30.3 Å². The Labute approximate surface area is 196 Å². The highest BCUT2D eigenvalue weighted by Gasteiger charge is 2.26. The van der Waals surface area contributed by atoms with Gasteiger partial charge in [-0.15, -0.1) is 12.4 Å². The van der Waals surface area contributed by atoms with Gasteiger partial charge in [0.1, 0.15) is 5.75 Å². The molecule has 0 atom stereocenters. The summed E-state index contributed by atoms with van der Waals surface area (Å²) < 4.78 is 5.38. The van der Waals surface area contributed by atoms with Gasteiger partial charge in [-0.2, -0.15) is 0 Å². The molecule has 0 bridgehead atoms. The maximum atomic E-state index is 13.0. The summed E-state index contributed by atoms with van der Waals surface area (Å²) in [6.45, 7) is 2.46. The summed E-state index contributed by atoms with van der Waals surface area (Å²) in [5.41, 5.74) is 7.78. The molecule has 32 heavy (non-hydrogen) atoms. The van der Waals surface area contributed by atoms with E-state index in [4.69, 9.17) is 10.5 Å². The first-order chi connectivity index (χ1) is 14.9. The number of likely N-dealkylation sites (tertiary alicyclic amines) is 1. The molecule has 0 spiro atoms. The number of methoxy groups -OCH3 is 1. The van der Waals surface area contributed by atoms with E-state index in [9.17, 15) is 9.59 Å². The second-order valence-corrected chi connectivity index (χ2v) is 8.02. The minimum absolute atomic E-state index is 0. The minimum atomic E-state index is -0.587. The van der Waals surface area contributed by atoms with Gasteiger partial charge in [-0.05, 0) is 50.1 Å². The van der Waals surface area contributed by atoms with E-state index < -0.39 is 6.03 Å². The Kier molecular flexibility index (Phi) is 9.35.